The van der Waals surface area contributed by atoms with Crippen molar-refractivity contribution in [1.29, 1.82) is 0 Å². The first-order chi connectivity index (χ1) is 59.3. The van der Waals surface area contributed by atoms with Gasteiger partial charge in [0.15, 0.2) is 5.78 Å². The van der Waals surface area contributed by atoms with Crippen molar-refractivity contribution < 1.29 is 43.8 Å². The molecule has 646 valence electrons. The van der Waals surface area contributed by atoms with Gasteiger partial charge in [-0.2, -0.15) is 20.4 Å². The minimum Gasteiger partial charge on any atom is -0.423 e. The highest BCUT2D eigenvalue weighted by atomic mass is 127. The predicted molar refractivity (Wildman–Crippen MR) is 521 cm³/mol. The predicted octanol–water partition coefficient (Wildman–Crippen LogP) is 23.5. The summed E-state index contributed by atoms with van der Waals surface area (Å²) in [7, 11) is -4.63. The second kappa shape index (κ2) is 47.4. The van der Waals surface area contributed by atoms with Crippen LogP contribution in [-0.2, 0) is 34.4 Å². The lowest BCUT2D eigenvalue weighted by atomic mass is 9.77. The van der Waals surface area contributed by atoms with E-state index in [4.69, 9.17) is 51.8 Å². The van der Waals surface area contributed by atoms with Crippen LogP contribution in [0.25, 0.3) is 88.6 Å². The molecule has 0 spiro atoms. The summed E-state index contributed by atoms with van der Waals surface area (Å²) in [6, 6.07) is 84.7. The van der Waals surface area contributed by atoms with Crippen LogP contribution >= 0.6 is 34.2 Å². The molecule has 0 unspecified atom stereocenters. The summed E-state index contributed by atoms with van der Waals surface area (Å²) in [4.78, 5) is 43.4. The average Bonchev–Trinajstić information content (AvgIpc) is 1.64. The van der Waals surface area contributed by atoms with Gasteiger partial charge in [0.25, 0.3) is 17.1 Å². The molecule has 0 aliphatic rings. The normalized spacial score (nSPS) is 11.0. The van der Waals surface area contributed by atoms with Crippen LogP contribution in [0.1, 0.15) is 49.2 Å². The number of rotatable bonds is 25. The number of aromatic nitrogens is 8. The summed E-state index contributed by atoms with van der Waals surface area (Å²) in [5, 5.41) is 75.5. The van der Waals surface area contributed by atoms with Crippen LogP contribution in [0.5, 0.6) is 0 Å². The van der Waals surface area contributed by atoms with E-state index in [9.17, 15) is 35.1 Å². The van der Waals surface area contributed by atoms with E-state index >= 15 is 0 Å². The maximum atomic E-state index is 12.1. The first-order valence-corrected chi connectivity index (χ1v) is 53.5. The highest BCUT2D eigenvalue weighted by molar-refractivity contribution is 14.1. The van der Waals surface area contributed by atoms with Crippen LogP contribution in [0.3, 0.4) is 0 Å². The molecule has 0 amide bonds. The molecule has 0 radical (unpaired) electrons. The summed E-state index contributed by atoms with van der Waals surface area (Å²) in [6.07, 6.45) is 0. The highest BCUT2D eigenvalue weighted by Crippen LogP contribution is 2.35. The number of halogens is 2. The minimum absolute atomic E-state index is 0.0638. The SMILES string of the molecule is CC.CC.C[Si](C)(C)CCOCn1nc(-c2ccccc2)c2cc(I)ccc21.C[Si](C)(C)CCOCn1nc(-c2ccccc2)c2cc(N)ccc21.C[Si](C)(C)CCOCn1nc(-c2ccccc2)c2cc([N+](=O)[O-])ccc21.Cc1ccccc1B(O)O.O=C(c1ccccc1)c1cc([N+](=O)[O-])ccc1Cl.O=[N+]([O-])c1ccc2[nH]nc(-c3ccccc3)c2c1. The van der Waals surface area contributed by atoms with Gasteiger partial charge in [-0.05, 0) is 108 Å². The smallest absolute Gasteiger partial charge is 0.423 e. The van der Waals surface area contributed by atoms with Gasteiger partial charge in [0.2, 0.25) is 0 Å². The quantitative estimate of drug-likeness (QED) is 0.00785. The maximum Gasteiger partial charge on any atom is 0.488 e. The first-order valence-electron chi connectivity index (χ1n) is 40.9. The summed E-state index contributed by atoms with van der Waals surface area (Å²) in [6.45, 7) is 34.6. The summed E-state index contributed by atoms with van der Waals surface area (Å²) in [5.74, 6) is -0.329. The van der Waals surface area contributed by atoms with Gasteiger partial charge in [-0.3, -0.25) is 40.2 Å². The van der Waals surface area contributed by atoms with E-state index in [2.05, 4.69) is 151 Å². The lowest BCUT2D eigenvalue weighted by molar-refractivity contribution is -0.385. The van der Waals surface area contributed by atoms with Gasteiger partial charge in [0.1, 0.15) is 43.0 Å². The Morgan fingerprint density at radius 3 is 1.20 bits per heavy atom. The van der Waals surface area contributed by atoms with E-state index in [0.717, 1.165) is 120 Å². The number of hydrogen-bond acceptors (Lipinski definition) is 17. The Balaban J connectivity index is 0.000000186. The van der Waals surface area contributed by atoms with Crippen molar-refractivity contribution in [2.24, 2.45) is 0 Å². The number of nitrogen functional groups attached to an aromatic ring is 1. The van der Waals surface area contributed by atoms with Crippen LogP contribution in [0.2, 0.25) is 82.1 Å². The Labute approximate surface area is 746 Å². The van der Waals surface area contributed by atoms with Crippen LogP contribution in [0, 0.1) is 40.8 Å². The van der Waals surface area contributed by atoms with E-state index in [1.807, 2.05) is 159 Å². The van der Waals surface area contributed by atoms with Gasteiger partial charge in [0.05, 0.1) is 41.9 Å². The number of nitrogens with two attached hydrogens (primary N) is 1. The molecule has 0 bridgehead atoms. The van der Waals surface area contributed by atoms with Crippen LogP contribution in [-0.4, -0.2) is 121 Å². The van der Waals surface area contributed by atoms with E-state index in [1.165, 1.54) is 45.3 Å². The molecule has 5 N–H and O–H groups in total. The molecule has 24 nitrogen and oxygen atoms in total. The number of ether oxygens (including phenoxy) is 3. The molecule has 0 aliphatic carbocycles. The highest BCUT2D eigenvalue weighted by Gasteiger charge is 2.23. The number of nitro benzene ring substituents is 3. The number of nitrogens with one attached hydrogen (secondary N) is 1. The Morgan fingerprint density at radius 1 is 0.452 bits per heavy atom. The summed E-state index contributed by atoms with van der Waals surface area (Å²) < 4.78 is 24.6. The van der Waals surface area contributed by atoms with E-state index < -0.39 is 41.2 Å². The van der Waals surface area contributed by atoms with Crippen LogP contribution in [0.4, 0.5) is 22.7 Å². The summed E-state index contributed by atoms with van der Waals surface area (Å²) >= 11 is 8.26. The fourth-order valence-electron chi connectivity index (χ4n) is 12.3. The topological polar surface area (TPSA) is 323 Å². The molecule has 4 heterocycles. The number of ketones is 1. The van der Waals surface area contributed by atoms with Gasteiger partial charge in [-0.15, -0.1) is 0 Å². The van der Waals surface area contributed by atoms with E-state index in [-0.39, 0.29) is 38.4 Å². The number of nitrogens with zero attached hydrogens (tertiary/aromatic N) is 10. The third-order valence-corrected chi connectivity index (χ3v) is 25.0. The lowest BCUT2D eigenvalue weighted by Crippen LogP contribution is -2.31. The molecule has 30 heteroatoms. The summed E-state index contributed by atoms with van der Waals surface area (Å²) in [5.41, 5.74) is 20.1. The van der Waals surface area contributed by atoms with Crippen molar-refractivity contribution in [1.82, 2.24) is 39.5 Å². The number of nitro groups is 3. The zero-order chi connectivity index (χ0) is 90.3. The Bertz CT molecular complexity index is 5810. The number of benzene rings is 11. The average molecular weight is 1860 g/mol. The molecule has 11 aromatic carbocycles. The lowest BCUT2D eigenvalue weighted by Gasteiger charge is -2.15. The third kappa shape index (κ3) is 29.1. The van der Waals surface area contributed by atoms with Gasteiger partial charge >= 0.3 is 7.12 Å². The number of non-ortho nitro benzene ring substituents is 3. The van der Waals surface area contributed by atoms with E-state index in [1.54, 1.807) is 71.4 Å². The number of fused-ring (bicyclic) bond motifs is 4. The van der Waals surface area contributed by atoms with Crippen LogP contribution in [0.15, 0.2) is 267 Å². The van der Waals surface area contributed by atoms with Crippen molar-refractivity contribution in [3.8, 4) is 45.0 Å². The number of carbonyl (C=O) groups is 1. The number of H-pyrrole nitrogens is 1. The zero-order valence-corrected chi connectivity index (χ0v) is 78.5. The first kappa shape index (κ1) is 97.9. The molecule has 0 aliphatic heterocycles. The number of anilines is 1. The Kier molecular flexibility index (Phi) is 37.4. The standard InChI is InChI=1S/C19H23IN2OSi.C19H23N3O3Si.C19H25N3OSi.C13H8ClNO3.C13H9N3O2.C7H9BO2.2C2H6/c1-24(2,3)12-11-23-14-22-18-10-9-16(20)13-17(18)19(21-22)15-7-5-4-6-8-15;1-26(2,3)12-11-25-14-21-18-10-9-16(22(23)24)13-17(18)19(20-21)15-7-5-4-6-8-15;1-24(2,3)12-11-23-14-22-18-10-9-16(20)13-17(18)19(21-22)15-7-5-4-6-8-15;14-12-7-6-10(15(17)18)8-11(12)13(16)9-4-2-1-3-5-9;17-16(18)10-6-7-12-11(8-10)13(15-14-12)9-4-2-1-3-5-9;1-6-4-2-3-5-7(6)8(9)10;2*1-2/h4-10,13H,11-12,14H2,1-3H3;4-10,13H,11-12,14H2,1-3H3;4-10,13H,11-12,14,20H2,1-3H3;1-8H;1-8H,(H,14,15);2-5,9-10H,1H3;2*1-2H3. The molecule has 0 saturated carbocycles. The van der Waals surface area contributed by atoms with Gasteiger partial charge in [0, 0.05) is 145 Å². The van der Waals surface area contributed by atoms with Gasteiger partial charge in [-0.1, -0.05) is 280 Å². The van der Waals surface area contributed by atoms with E-state index in [0.29, 0.717) is 37.8 Å². The zero-order valence-electron chi connectivity index (χ0n) is 72.6. The fraction of sp³-hybridized carbons (Fsp3) is 0.245. The molecule has 15 aromatic rings. The number of aromatic amines is 1. The van der Waals surface area contributed by atoms with Crippen molar-refractivity contribution in [2.45, 2.75) is 132 Å². The van der Waals surface area contributed by atoms with Gasteiger partial charge in [-0.25, -0.2) is 14.0 Å². The molecule has 15 rings (SSSR count). The number of carbonyl (C=O) groups excluding carboxylic acids is 1. The molecule has 0 fully saturated rings. The molecule has 0 saturated heterocycles. The molecular formula is C94H109BClIN12O12Si3. The van der Waals surface area contributed by atoms with Gasteiger partial charge < -0.3 is 30.0 Å². The molecule has 0 atom stereocenters. The van der Waals surface area contributed by atoms with Crippen molar-refractivity contribution in [3.63, 3.8) is 0 Å². The van der Waals surface area contributed by atoms with Crippen molar-refractivity contribution in [3.05, 3.63) is 323 Å². The molecular weight excluding hydrogens is 1750 g/mol. The van der Waals surface area contributed by atoms with Crippen molar-refractivity contribution in [2.75, 3.05) is 25.6 Å². The monoisotopic (exact) mass is 1850 g/mol. The second-order valence-corrected chi connectivity index (χ2v) is 50.4. The molecule has 4 aromatic heterocycles. The maximum absolute atomic E-state index is 12.1. The number of hydrogen-bond donors (Lipinski definition) is 4. The largest absolute Gasteiger partial charge is 0.488 e. The van der Waals surface area contributed by atoms with Crippen molar-refractivity contribution >= 4 is 143 Å². The van der Waals surface area contributed by atoms with Crippen LogP contribution < -0.4 is 11.2 Å². The Hall–Kier alpha value is -11.5. The fourth-order valence-corrected chi connectivity index (χ4v) is 15.3. The molecule has 124 heavy (non-hydrogen) atoms. The third-order valence-electron chi connectivity index (χ3n) is 18.9. The Morgan fingerprint density at radius 2 is 0.798 bits per heavy atom. The minimum atomic E-state index is -1.35. The number of aryl methyl sites for hydroxylation is 1. The second-order valence-electron chi connectivity index (χ2n) is 31.9.